The summed E-state index contributed by atoms with van der Waals surface area (Å²) in [6.45, 7) is 3.10. The molecule has 0 aliphatic carbocycles. The van der Waals surface area contributed by atoms with Gasteiger partial charge in [-0.2, -0.15) is 5.26 Å². The van der Waals surface area contributed by atoms with Crippen LogP contribution in [-0.2, 0) is 4.74 Å². The molecule has 4 nitrogen and oxygen atoms in total. The highest BCUT2D eigenvalue weighted by Gasteiger charge is 1.95. The third-order valence-corrected chi connectivity index (χ3v) is 2.25. The second kappa shape index (κ2) is 7.66. The Bertz CT molecular complexity index is 371. The molecule has 0 heterocycles. The van der Waals surface area contributed by atoms with Crippen molar-refractivity contribution in [2.75, 3.05) is 45.7 Å². The summed E-state index contributed by atoms with van der Waals surface area (Å²) in [6.07, 6.45) is 0. The van der Waals surface area contributed by atoms with Crippen LogP contribution >= 0.6 is 0 Å². The molecule has 0 saturated heterocycles. The number of benzene rings is 1. The summed E-state index contributed by atoms with van der Waals surface area (Å²) in [7, 11) is 4.05. The fraction of sp³-hybridized carbons (Fsp3) is 0.462. The fourth-order valence-corrected chi connectivity index (χ4v) is 1.32. The second-order valence-corrected chi connectivity index (χ2v) is 4.04. The van der Waals surface area contributed by atoms with E-state index in [1.807, 2.05) is 32.3 Å². The lowest BCUT2D eigenvalue weighted by atomic mass is 10.2. The summed E-state index contributed by atoms with van der Waals surface area (Å²) < 4.78 is 5.45. The normalized spacial score (nSPS) is 10.2. The van der Waals surface area contributed by atoms with Crippen molar-refractivity contribution in [3.05, 3.63) is 29.8 Å². The van der Waals surface area contributed by atoms with E-state index in [4.69, 9.17) is 10.00 Å². The molecular formula is C13H19N3O. The average Bonchev–Trinajstić information content (AvgIpc) is 2.33. The molecule has 1 N–H and O–H groups in total. The minimum absolute atomic E-state index is 0.670. The Morgan fingerprint density at radius 2 is 2.18 bits per heavy atom. The van der Waals surface area contributed by atoms with Gasteiger partial charge in [0.1, 0.15) is 0 Å². The molecule has 4 heteroatoms. The van der Waals surface area contributed by atoms with E-state index in [0.29, 0.717) is 12.2 Å². The van der Waals surface area contributed by atoms with E-state index in [1.165, 1.54) is 0 Å². The zero-order chi connectivity index (χ0) is 12.5. The van der Waals surface area contributed by atoms with Crippen LogP contribution in [0.3, 0.4) is 0 Å². The summed E-state index contributed by atoms with van der Waals surface area (Å²) in [6, 6.07) is 9.55. The van der Waals surface area contributed by atoms with Gasteiger partial charge in [-0.15, -0.1) is 0 Å². The summed E-state index contributed by atoms with van der Waals surface area (Å²) in [5.41, 5.74) is 1.63. The van der Waals surface area contributed by atoms with E-state index < -0.39 is 0 Å². The van der Waals surface area contributed by atoms with Crippen molar-refractivity contribution in [1.82, 2.24) is 4.90 Å². The molecule has 0 saturated carbocycles. The topological polar surface area (TPSA) is 48.3 Å². The van der Waals surface area contributed by atoms with Gasteiger partial charge in [0.25, 0.3) is 0 Å². The highest BCUT2D eigenvalue weighted by Crippen LogP contribution is 2.08. The second-order valence-electron chi connectivity index (χ2n) is 4.04. The maximum absolute atomic E-state index is 8.75. The number of nitriles is 1. The fourth-order valence-electron chi connectivity index (χ4n) is 1.32. The minimum atomic E-state index is 0.670. The molecule has 92 valence electrons. The van der Waals surface area contributed by atoms with Crippen LogP contribution in [0.15, 0.2) is 24.3 Å². The first-order valence-electron chi connectivity index (χ1n) is 5.69. The summed E-state index contributed by atoms with van der Waals surface area (Å²) in [4.78, 5) is 2.09. The first-order chi connectivity index (χ1) is 8.22. The number of nitrogens with one attached hydrogen (secondary N) is 1. The number of hydrogen-bond acceptors (Lipinski definition) is 4. The number of hydrogen-bond donors (Lipinski definition) is 1. The van der Waals surface area contributed by atoms with E-state index in [0.717, 1.165) is 25.4 Å². The number of ether oxygens (including phenoxy) is 1. The van der Waals surface area contributed by atoms with Crippen molar-refractivity contribution >= 4 is 5.69 Å². The van der Waals surface area contributed by atoms with Gasteiger partial charge in [-0.25, -0.2) is 0 Å². The lowest BCUT2D eigenvalue weighted by Crippen LogP contribution is -2.20. The molecule has 0 radical (unpaired) electrons. The monoisotopic (exact) mass is 233 g/mol. The maximum atomic E-state index is 8.75. The van der Waals surface area contributed by atoms with E-state index in [9.17, 15) is 0 Å². The molecule has 1 rings (SSSR count). The van der Waals surface area contributed by atoms with Gasteiger partial charge in [0.05, 0.1) is 24.8 Å². The predicted octanol–water partition coefficient (Wildman–Crippen LogP) is 1.55. The number of likely N-dealkylation sites (N-methyl/N-ethyl adjacent to an activating group) is 1. The van der Waals surface area contributed by atoms with Crippen LogP contribution in [0.4, 0.5) is 5.69 Å². The highest BCUT2D eigenvalue weighted by molar-refractivity contribution is 5.48. The summed E-state index contributed by atoms with van der Waals surface area (Å²) in [5, 5.41) is 12.0. The van der Waals surface area contributed by atoms with Gasteiger partial charge in [0, 0.05) is 18.8 Å². The third kappa shape index (κ3) is 5.91. The van der Waals surface area contributed by atoms with E-state index in [-0.39, 0.29) is 0 Å². The van der Waals surface area contributed by atoms with Gasteiger partial charge in [-0.1, -0.05) is 6.07 Å². The smallest absolute Gasteiger partial charge is 0.0992 e. The molecule has 0 fully saturated rings. The third-order valence-electron chi connectivity index (χ3n) is 2.25. The first-order valence-corrected chi connectivity index (χ1v) is 5.69. The zero-order valence-corrected chi connectivity index (χ0v) is 10.4. The molecule has 0 spiro atoms. The SMILES string of the molecule is CN(C)CCOCCNc1cccc(C#N)c1. The molecule has 0 atom stereocenters. The van der Waals surface area contributed by atoms with Crippen LogP contribution in [0.25, 0.3) is 0 Å². The molecule has 17 heavy (non-hydrogen) atoms. The van der Waals surface area contributed by atoms with Crippen LogP contribution in [0.1, 0.15) is 5.56 Å². The van der Waals surface area contributed by atoms with Gasteiger partial charge in [-0.3, -0.25) is 0 Å². The molecule has 0 aliphatic heterocycles. The Morgan fingerprint density at radius 3 is 2.88 bits per heavy atom. The summed E-state index contributed by atoms with van der Waals surface area (Å²) in [5.74, 6) is 0. The van der Waals surface area contributed by atoms with Gasteiger partial charge < -0.3 is 15.0 Å². The van der Waals surface area contributed by atoms with Gasteiger partial charge >= 0.3 is 0 Å². The van der Waals surface area contributed by atoms with Crippen LogP contribution < -0.4 is 5.32 Å². The van der Waals surface area contributed by atoms with Crippen molar-refractivity contribution < 1.29 is 4.74 Å². The molecule has 0 amide bonds. The zero-order valence-electron chi connectivity index (χ0n) is 10.4. The average molecular weight is 233 g/mol. The molecule has 0 aromatic heterocycles. The van der Waals surface area contributed by atoms with Crippen molar-refractivity contribution in [1.29, 1.82) is 5.26 Å². The number of nitrogens with zero attached hydrogens (tertiary/aromatic N) is 2. The molecular weight excluding hydrogens is 214 g/mol. The molecule has 0 unspecified atom stereocenters. The van der Waals surface area contributed by atoms with Crippen molar-refractivity contribution in [2.45, 2.75) is 0 Å². The predicted molar refractivity (Wildman–Crippen MR) is 69.0 cm³/mol. The number of anilines is 1. The van der Waals surface area contributed by atoms with Gasteiger partial charge in [0.2, 0.25) is 0 Å². The van der Waals surface area contributed by atoms with Crippen LogP contribution in [0.2, 0.25) is 0 Å². The van der Waals surface area contributed by atoms with Gasteiger partial charge in [0.15, 0.2) is 0 Å². The molecule has 1 aromatic rings. The van der Waals surface area contributed by atoms with Crippen molar-refractivity contribution in [3.63, 3.8) is 0 Å². The number of rotatable bonds is 7. The van der Waals surface area contributed by atoms with Crippen molar-refractivity contribution in [2.24, 2.45) is 0 Å². The van der Waals surface area contributed by atoms with Crippen LogP contribution in [0.5, 0.6) is 0 Å². The quantitative estimate of drug-likeness (QED) is 0.726. The lowest BCUT2D eigenvalue weighted by molar-refractivity contribution is 0.126. The van der Waals surface area contributed by atoms with E-state index in [2.05, 4.69) is 16.3 Å². The Labute approximate surface area is 103 Å². The van der Waals surface area contributed by atoms with Gasteiger partial charge in [-0.05, 0) is 32.3 Å². The van der Waals surface area contributed by atoms with Crippen LogP contribution in [-0.4, -0.2) is 45.3 Å². The lowest BCUT2D eigenvalue weighted by Gasteiger charge is -2.10. The molecule has 0 aliphatic rings. The molecule has 0 bridgehead atoms. The standard InChI is InChI=1S/C13H19N3O/c1-16(2)7-9-17-8-6-15-13-5-3-4-12(10-13)11-14/h3-5,10,15H,6-9H2,1-2H3. The van der Waals surface area contributed by atoms with E-state index in [1.54, 1.807) is 6.07 Å². The Kier molecular flexibility index (Phi) is 6.08. The van der Waals surface area contributed by atoms with E-state index >= 15 is 0 Å². The largest absolute Gasteiger partial charge is 0.383 e. The van der Waals surface area contributed by atoms with Crippen LogP contribution in [0, 0.1) is 11.3 Å². The Morgan fingerprint density at radius 1 is 1.35 bits per heavy atom. The maximum Gasteiger partial charge on any atom is 0.0992 e. The summed E-state index contributed by atoms with van der Waals surface area (Å²) >= 11 is 0. The Hall–Kier alpha value is -1.57. The highest BCUT2D eigenvalue weighted by atomic mass is 16.5. The molecule has 1 aromatic carbocycles. The first kappa shape index (κ1) is 13.5. The Balaban J connectivity index is 2.16. The minimum Gasteiger partial charge on any atom is -0.383 e. The van der Waals surface area contributed by atoms with Crippen molar-refractivity contribution in [3.8, 4) is 6.07 Å².